The standard InChI is InChI=1S/C17H13NOS/c19-10-8-14-6-7-15(13-4-2-1-3-5-13)12-16(14)17-18-9-11-20-17/h1-7,9-12H,8H2. The first-order chi connectivity index (χ1) is 9.88. The molecule has 0 fully saturated rings. The largest absolute Gasteiger partial charge is 0.303 e. The summed E-state index contributed by atoms with van der Waals surface area (Å²) in [6.45, 7) is 0. The summed E-state index contributed by atoms with van der Waals surface area (Å²) in [5.41, 5.74) is 4.39. The molecule has 0 bridgehead atoms. The third-order valence-corrected chi connectivity index (χ3v) is 3.99. The van der Waals surface area contributed by atoms with Crippen molar-refractivity contribution < 1.29 is 4.79 Å². The van der Waals surface area contributed by atoms with Gasteiger partial charge in [0.15, 0.2) is 0 Å². The summed E-state index contributed by atoms with van der Waals surface area (Å²) in [4.78, 5) is 15.2. The maximum Gasteiger partial charge on any atom is 0.124 e. The first-order valence-corrected chi connectivity index (χ1v) is 7.28. The molecule has 20 heavy (non-hydrogen) atoms. The number of thiazole rings is 1. The molecular formula is C17H13NOS. The smallest absolute Gasteiger partial charge is 0.124 e. The van der Waals surface area contributed by atoms with E-state index in [1.807, 2.05) is 29.6 Å². The van der Waals surface area contributed by atoms with E-state index in [-0.39, 0.29) is 0 Å². The Kier molecular flexibility index (Phi) is 3.70. The van der Waals surface area contributed by atoms with Crippen LogP contribution < -0.4 is 0 Å². The molecule has 3 aromatic rings. The monoisotopic (exact) mass is 279 g/mol. The van der Waals surface area contributed by atoms with Crippen LogP contribution in [0.5, 0.6) is 0 Å². The second-order valence-electron chi connectivity index (χ2n) is 4.45. The summed E-state index contributed by atoms with van der Waals surface area (Å²) in [7, 11) is 0. The molecule has 0 saturated heterocycles. The van der Waals surface area contributed by atoms with Crippen molar-refractivity contribution >= 4 is 17.6 Å². The fourth-order valence-corrected chi connectivity index (χ4v) is 2.90. The zero-order chi connectivity index (χ0) is 13.8. The summed E-state index contributed by atoms with van der Waals surface area (Å²) in [6, 6.07) is 16.4. The van der Waals surface area contributed by atoms with E-state index in [4.69, 9.17) is 0 Å². The predicted molar refractivity (Wildman–Crippen MR) is 82.8 cm³/mol. The molecule has 0 aliphatic heterocycles. The third kappa shape index (κ3) is 2.53. The van der Waals surface area contributed by atoms with Crippen molar-refractivity contribution in [3.63, 3.8) is 0 Å². The van der Waals surface area contributed by atoms with Crippen molar-refractivity contribution in [2.45, 2.75) is 6.42 Å². The highest BCUT2D eigenvalue weighted by atomic mass is 32.1. The lowest BCUT2D eigenvalue weighted by Crippen LogP contribution is -1.92. The Morgan fingerprint density at radius 2 is 1.90 bits per heavy atom. The Bertz CT molecular complexity index is 705. The zero-order valence-electron chi connectivity index (χ0n) is 10.8. The molecule has 0 spiro atoms. The van der Waals surface area contributed by atoms with Gasteiger partial charge in [-0.1, -0.05) is 42.5 Å². The maximum atomic E-state index is 10.8. The van der Waals surface area contributed by atoms with Gasteiger partial charge < -0.3 is 4.79 Å². The van der Waals surface area contributed by atoms with E-state index in [0.717, 1.165) is 28.0 Å². The Morgan fingerprint density at radius 3 is 2.60 bits per heavy atom. The van der Waals surface area contributed by atoms with Gasteiger partial charge in [0.05, 0.1) is 0 Å². The average molecular weight is 279 g/mol. The Hall–Kier alpha value is -2.26. The van der Waals surface area contributed by atoms with Crippen LogP contribution in [0.3, 0.4) is 0 Å². The SMILES string of the molecule is O=CCc1ccc(-c2ccccc2)cc1-c1nccs1. The van der Waals surface area contributed by atoms with E-state index >= 15 is 0 Å². The number of aldehydes is 1. The lowest BCUT2D eigenvalue weighted by molar-refractivity contribution is -0.107. The highest BCUT2D eigenvalue weighted by Gasteiger charge is 2.09. The van der Waals surface area contributed by atoms with E-state index < -0.39 is 0 Å². The molecule has 0 amide bonds. The van der Waals surface area contributed by atoms with Gasteiger partial charge in [0, 0.05) is 23.6 Å². The van der Waals surface area contributed by atoms with E-state index in [1.165, 1.54) is 5.56 Å². The quantitative estimate of drug-likeness (QED) is 0.669. The molecular weight excluding hydrogens is 266 g/mol. The minimum absolute atomic E-state index is 0.421. The Morgan fingerprint density at radius 1 is 1.05 bits per heavy atom. The number of rotatable bonds is 4. The maximum absolute atomic E-state index is 10.8. The molecule has 3 rings (SSSR count). The van der Waals surface area contributed by atoms with Gasteiger partial charge in [-0.2, -0.15) is 0 Å². The van der Waals surface area contributed by atoms with Crippen molar-refractivity contribution in [2.75, 3.05) is 0 Å². The van der Waals surface area contributed by atoms with E-state index in [0.29, 0.717) is 6.42 Å². The minimum Gasteiger partial charge on any atom is -0.303 e. The first kappa shape index (κ1) is 12.8. The van der Waals surface area contributed by atoms with Crippen molar-refractivity contribution in [3.05, 3.63) is 65.7 Å². The van der Waals surface area contributed by atoms with Crippen molar-refractivity contribution in [2.24, 2.45) is 0 Å². The molecule has 1 heterocycles. The summed E-state index contributed by atoms with van der Waals surface area (Å²) >= 11 is 1.59. The number of benzene rings is 2. The van der Waals surface area contributed by atoms with Crippen LogP contribution in [0.2, 0.25) is 0 Å². The van der Waals surface area contributed by atoms with Crippen LogP contribution in [0.4, 0.5) is 0 Å². The summed E-state index contributed by atoms with van der Waals surface area (Å²) in [5, 5.41) is 2.91. The van der Waals surface area contributed by atoms with Crippen LogP contribution in [0.25, 0.3) is 21.7 Å². The van der Waals surface area contributed by atoms with Gasteiger partial charge in [0.25, 0.3) is 0 Å². The zero-order valence-corrected chi connectivity index (χ0v) is 11.6. The molecule has 0 aliphatic rings. The second-order valence-corrected chi connectivity index (χ2v) is 5.34. The molecule has 3 heteroatoms. The molecule has 0 N–H and O–H groups in total. The molecule has 0 atom stereocenters. The van der Waals surface area contributed by atoms with Crippen LogP contribution in [0, 0.1) is 0 Å². The number of carbonyl (C=O) groups excluding carboxylic acids is 1. The summed E-state index contributed by atoms with van der Waals surface area (Å²) in [6.07, 6.45) is 3.15. The molecule has 1 aromatic heterocycles. The van der Waals surface area contributed by atoms with E-state index in [2.05, 4.69) is 29.2 Å². The van der Waals surface area contributed by atoms with E-state index in [1.54, 1.807) is 17.5 Å². The average Bonchev–Trinajstić information content (AvgIpc) is 3.03. The van der Waals surface area contributed by atoms with Gasteiger partial charge in [0.2, 0.25) is 0 Å². The number of hydrogen-bond donors (Lipinski definition) is 0. The molecule has 2 nitrogen and oxygen atoms in total. The van der Waals surface area contributed by atoms with Crippen molar-refractivity contribution in [1.82, 2.24) is 4.98 Å². The van der Waals surface area contributed by atoms with Crippen LogP contribution in [-0.4, -0.2) is 11.3 Å². The van der Waals surface area contributed by atoms with Gasteiger partial charge in [0.1, 0.15) is 11.3 Å². The Balaban J connectivity index is 2.12. The Labute approximate surface area is 121 Å². The second kappa shape index (κ2) is 5.80. The minimum atomic E-state index is 0.421. The summed E-state index contributed by atoms with van der Waals surface area (Å²) in [5.74, 6) is 0. The van der Waals surface area contributed by atoms with Crippen LogP contribution in [0.15, 0.2) is 60.1 Å². The summed E-state index contributed by atoms with van der Waals surface area (Å²) < 4.78 is 0. The number of carbonyl (C=O) groups is 1. The van der Waals surface area contributed by atoms with Gasteiger partial charge in [-0.15, -0.1) is 11.3 Å². The molecule has 0 saturated carbocycles. The highest BCUT2D eigenvalue weighted by molar-refractivity contribution is 7.13. The van der Waals surface area contributed by atoms with Crippen LogP contribution >= 0.6 is 11.3 Å². The molecule has 0 aliphatic carbocycles. The van der Waals surface area contributed by atoms with E-state index in [9.17, 15) is 4.79 Å². The molecule has 98 valence electrons. The fraction of sp³-hybridized carbons (Fsp3) is 0.0588. The fourth-order valence-electron chi connectivity index (χ4n) is 2.21. The lowest BCUT2D eigenvalue weighted by Gasteiger charge is -2.08. The van der Waals surface area contributed by atoms with Gasteiger partial charge in [-0.05, 0) is 22.8 Å². The number of hydrogen-bond acceptors (Lipinski definition) is 3. The van der Waals surface area contributed by atoms with Crippen molar-refractivity contribution in [1.29, 1.82) is 0 Å². The van der Waals surface area contributed by atoms with Gasteiger partial charge >= 0.3 is 0 Å². The topological polar surface area (TPSA) is 30.0 Å². The highest BCUT2D eigenvalue weighted by Crippen LogP contribution is 2.30. The van der Waals surface area contributed by atoms with Crippen LogP contribution in [0.1, 0.15) is 5.56 Å². The normalized spacial score (nSPS) is 10.4. The third-order valence-electron chi connectivity index (χ3n) is 3.18. The predicted octanol–water partition coefficient (Wildman–Crippen LogP) is 4.22. The molecule has 0 radical (unpaired) electrons. The van der Waals surface area contributed by atoms with Gasteiger partial charge in [-0.3, -0.25) is 0 Å². The lowest BCUT2D eigenvalue weighted by atomic mass is 9.98. The number of nitrogens with zero attached hydrogens (tertiary/aromatic N) is 1. The van der Waals surface area contributed by atoms with Crippen LogP contribution in [-0.2, 0) is 11.2 Å². The molecule has 2 aromatic carbocycles. The number of aromatic nitrogens is 1. The van der Waals surface area contributed by atoms with Gasteiger partial charge in [-0.25, -0.2) is 4.98 Å². The van der Waals surface area contributed by atoms with Crippen molar-refractivity contribution in [3.8, 4) is 21.7 Å². The first-order valence-electron chi connectivity index (χ1n) is 6.40. The molecule has 0 unspecified atom stereocenters.